The molecule has 0 unspecified atom stereocenters. The Bertz CT molecular complexity index is 722. The van der Waals surface area contributed by atoms with Gasteiger partial charge in [-0.25, -0.2) is 0 Å². The van der Waals surface area contributed by atoms with E-state index in [1.165, 1.54) is 0 Å². The molecule has 2 aromatic heterocycles. The van der Waals surface area contributed by atoms with E-state index in [0.29, 0.717) is 5.88 Å². The predicted octanol–water partition coefficient (Wildman–Crippen LogP) is 3.38. The number of nitrogens with zero attached hydrogens (tertiary/aromatic N) is 4. The number of aromatic nitrogens is 4. The average Bonchev–Trinajstić information content (AvgIpc) is 2.92. The van der Waals surface area contributed by atoms with Crippen molar-refractivity contribution in [2.75, 3.05) is 0 Å². The molecule has 0 saturated heterocycles. The van der Waals surface area contributed by atoms with Crippen molar-refractivity contribution in [3.8, 4) is 17.1 Å². The highest BCUT2D eigenvalue weighted by Gasteiger charge is 2.15. The van der Waals surface area contributed by atoms with Gasteiger partial charge in [-0.15, -0.1) is 21.8 Å². The standard InChI is InChI=1S/C15H13ClN4/c1-11-5-2-3-7-13(11)20-14(9-16)18-19-15(20)12-6-4-8-17-10-12/h2-8,10H,9H2,1H3. The molecule has 5 heteroatoms. The second-order valence-corrected chi connectivity index (χ2v) is 4.70. The first-order chi connectivity index (χ1) is 9.81. The third-order valence-corrected chi connectivity index (χ3v) is 3.36. The number of alkyl halides is 1. The molecule has 0 bridgehead atoms. The van der Waals surface area contributed by atoms with Gasteiger partial charge in [0.1, 0.15) is 0 Å². The number of pyridine rings is 1. The van der Waals surface area contributed by atoms with Crippen LogP contribution >= 0.6 is 11.6 Å². The summed E-state index contributed by atoms with van der Waals surface area (Å²) in [5, 5.41) is 8.44. The van der Waals surface area contributed by atoms with Crippen molar-refractivity contribution in [1.29, 1.82) is 0 Å². The van der Waals surface area contributed by atoms with Gasteiger partial charge in [0.2, 0.25) is 0 Å². The maximum Gasteiger partial charge on any atom is 0.170 e. The zero-order chi connectivity index (χ0) is 13.9. The molecule has 0 fully saturated rings. The molecule has 0 spiro atoms. The minimum Gasteiger partial charge on any atom is -0.278 e. The predicted molar refractivity (Wildman–Crippen MR) is 78.9 cm³/mol. The summed E-state index contributed by atoms with van der Waals surface area (Å²) in [5.41, 5.74) is 3.09. The quantitative estimate of drug-likeness (QED) is 0.693. The van der Waals surface area contributed by atoms with Gasteiger partial charge in [0.15, 0.2) is 11.6 Å². The molecule has 0 atom stereocenters. The van der Waals surface area contributed by atoms with E-state index in [-0.39, 0.29) is 0 Å². The molecule has 0 saturated carbocycles. The van der Waals surface area contributed by atoms with Gasteiger partial charge in [0.05, 0.1) is 11.6 Å². The molecular formula is C15H13ClN4. The summed E-state index contributed by atoms with van der Waals surface area (Å²) in [4.78, 5) is 4.14. The fourth-order valence-corrected chi connectivity index (χ4v) is 2.33. The normalized spacial score (nSPS) is 10.7. The van der Waals surface area contributed by atoms with Crippen molar-refractivity contribution < 1.29 is 0 Å². The van der Waals surface area contributed by atoms with E-state index in [1.54, 1.807) is 12.4 Å². The Kier molecular flexibility index (Phi) is 3.48. The molecule has 3 rings (SSSR count). The van der Waals surface area contributed by atoms with E-state index in [0.717, 1.165) is 28.5 Å². The smallest absolute Gasteiger partial charge is 0.170 e. The number of para-hydroxylation sites is 1. The van der Waals surface area contributed by atoms with Gasteiger partial charge in [0, 0.05) is 18.0 Å². The molecule has 1 aromatic carbocycles. The SMILES string of the molecule is Cc1ccccc1-n1c(CCl)nnc1-c1cccnc1. The molecule has 4 nitrogen and oxygen atoms in total. The van der Waals surface area contributed by atoms with E-state index in [2.05, 4.69) is 28.2 Å². The Balaban J connectivity index is 2.24. The Morgan fingerprint density at radius 1 is 1.10 bits per heavy atom. The highest BCUT2D eigenvalue weighted by atomic mass is 35.5. The third-order valence-electron chi connectivity index (χ3n) is 3.13. The van der Waals surface area contributed by atoms with Crippen molar-refractivity contribution >= 4 is 11.6 Å². The summed E-state index contributed by atoms with van der Waals surface area (Å²) < 4.78 is 1.99. The molecule has 0 aliphatic carbocycles. The summed E-state index contributed by atoms with van der Waals surface area (Å²) in [5.74, 6) is 1.78. The lowest BCUT2D eigenvalue weighted by molar-refractivity contribution is 0.946. The summed E-state index contributed by atoms with van der Waals surface area (Å²) in [6.07, 6.45) is 3.51. The van der Waals surface area contributed by atoms with Gasteiger partial charge in [0.25, 0.3) is 0 Å². The Hall–Kier alpha value is -2.20. The second-order valence-electron chi connectivity index (χ2n) is 4.44. The Morgan fingerprint density at radius 2 is 1.95 bits per heavy atom. The Morgan fingerprint density at radius 3 is 2.65 bits per heavy atom. The molecule has 0 amide bonds. The summed E-state index contributed by atoms with van der Waals surface area (Å²) >= 11 is 6.00. The average molecular weight is 285 g/mol. The fraction of sp³-hybridized carbons (Fsp3) is 0.133. The van der Waals surface area contributed by atoms with Gasteiger partial charge >= 0.3 is 0 Å². The van der Waals surface area contributed by atoms with Crippen LogP contribution in [0.3, 0.4) is 0 Å². The highest BCUT2D eigenvalue weighted by molar-refractivity contribution is 6.16. The number of halogens is 1. The van der Waals surface area contributed by atoms with E-state index in [9.17, 15) is 0 Å². The van der Waals surface area contributed by atoms with Crippen LogP contribution in [0, 0.1) is 6.92 Å². The monoisotopic (exact) mass is 284 g/mol. The van der Waals surface area contributed by atoms with Crippen LogP contribution in [0.4, 0.5) is 0 Å². The van der Waals surface area contributed by atoms with Crippen molar-refractivity contribution in [2.45, 2.75) is 12.8 Å². The van der Waals surface area contributed by atoms with Crippen LogP contribution in [0.5, 0.6) is 0 Å². The van der Waals surface area contributed by atoms with Gasteiger partial charge in [-0.1, -0.05) is 18.2 Å². The third kappa shape index (κ3) is 2.18. The summed E-state index contributed by atoms with van der Waals surface area (Å²) in [6, 6.07) is 11.9. The minimum absolute atomic E-state index is 0.307. The largest absolute Gasteiger partial charge is 0.278 e. The lowest BCUT2D eigenvalue weighted by atomic mass is 10.2. The first-order valence-electron chi connectivity index (χ1n) is 6.28. The maximum absolute atomic E-state index is 6.00. The van der Waals surface area contributed by atoms with Crippen LogP contribution in [0.15, 0.2) is 48.8 Å². The Labute approximate surface area is 122 Å². The number of aryl methyl sites for hydroxylation is 1. The van der Waals surface area contributed by atoms with Crippen LogP contribution in [-0.4, -0.2) is 19.7 Å². The molecule has 0 aliphatic rings. The maximum atomic E-state index is 6.00. The van der Waals surface area contributed by atoms with E-state index < -0.39 is 0 Å². The number of hydrogen-bond acceptors (Lipinski definition) is 3. The zero-order valence-electron chi connectivity index (χ0n) is 11.0. The number of rotatable bonds is 3. The highest BCUT2D eigenvalue weighted by Crippen LogP contribution is 2.24. The molecule has 0 N–H and O–H groups in total. The zero-order valence-corrected chi connectivity index (χ0v) is 11.7. The lowest BCUT2D eigenvalue weighted by Crippen LogP contribution is -2.03. The molecule has 3 aromatic rings. The molecule has 100 valence electrons. The molecule has 0 aliphatic heterocycles. The van der Waals surface area contributed by atoms with Crippen molar-refractivity contribution in [2.24, 2.45) is 0 Å². The minimum atomic E-state index is 0.307. The van der Waals surface area contributed by atoms with Crippen LogP contribution in [0.25, 0.3) is 17.1 Å². The van der Waals surface area contributed by atoms with E-state index in [4.69, 9.17) is 11.6 Å². The fourth-order valence-electron chi connectivity index (χ4n) is 2.15. The van der Waals surface area contributed by atoms with E-state index >= 15 is 0 Å². The van der Waals surface area contributed by atoms with Gasteiger partial charge < -0.3 is 0 Å². The van der Waals surface area contributed by atoms with Gasteiger partial charge in [-0.2, -0.15) is 0 Å². The van der Waals surface area contributed by atoms with Crippen LogP contribution in [0.1, 0.15) is 11.4 Å². The first-order valence-corrected chi connectivity index (χ1v) is 6.81. The van der Waals surface area contributed by atoms with Gasteiger partial charge in [-0.3, -0.25) is 9.55 Å². The summed E-state index contributed by atoms with van der Waals surface area (Å²) in [6.45, 7) is 2.06. The van der Waals surface area contributed by atoms with Crippen molar-refractivity contribution in [3.63, 3.8) is 0 Å². The van der Waals surface area contributed by atoms with Crippen LogP contribution in [0.2, 0.25) is 0 Å². The van der Waals surface area contributed by atoms with Crippen molar-refractivity contribution in [3.05, 3.63) is 60.2 Å². The molecule has 2 heterocycles. The topological polar surface area (TPSA) is 43.6 Å². The number of benzene rings is 1. The number of hydrogen-bond donors (Lipinski definition) is 0. The summed E-state index contributed by atoms with van der Waals surface area (Å²) in [7, 11) is 0. The first kappa shape index (κ1) is 12.8. The molecular weight excluding hydrogens is 272 g/mol. The van der Waals surface area contributed by atoms with Gasteiger partial charge in [-0.05, 0) is 30.7 Å². The lowest BCUT2D eigenvalue weighted by Gasteiger charge is -2.11. The van der Waals surface area contributed by atoms with Crippen LogP contribution in [-0.2, 0) is 5.88 Å². The second kappa shape index (κ2) is 5.43. The molecule has 0 radical (unpaired) electrons. The van der Waals surface area contributed by atoms with Crippen molar-refractivity contribution in [1.82, 2.24) is 19.7 Å². The molecule has 20 heavy (non-hydrogen) atoms. The van der Waals surface area contributed by atoms with Crippen LogP contribution < -0.4 is 0 Å². The van der Waals surface area contributed by atoms with E-state index in [1.807, 2.05) is 34.9 Å².